The van der Waals surface area contributed by atoms with Crippen molar-refractivity contribution in [3.8, 4) is 5.75 Å². The molecule has 0 unspecified atom stereocenters. The third-order valence-corrected chi connectivity index (χ3v) is 2.86. The Hall–Kier alpha value is -1.60. The minimum Gasteiger partial charge on any atom is -0.508 e. The second kappa shape index (κ2) is 4.11. The molecule has 0 saturated carbocycles. The molecule has 0 aliphatic carbocycles. The maximum absolute atomic E-state index is 11.6. The summed E-state index contributed by atoms with van der Waals surface area (Å²) in [5.74, 6) is -0.761. The van der Waals surface area contributed by atoms with Crippen LogP contribution < -0.4 is 5.14 Å². The maximum Gasteiger partial charge on any atom is 0.254 e. The number of aromatic hydroxyl groups is 1. The van der Waals surface area contributed by atoms with Gasteiger partial charge in [-0.05, 0) is 12.1 Å². The highest BCUT2D eigenvalue weighted by atomic mass is 32.2. The van der Waals surface area contributed by atoms with Gasteiger partial charge in [-0.1, -0.05) is 0 Å². The molecule has 1 rings (SSSR count). The lowest BCUT2D eigenvalue weighted by Crippen LogP contribution is -2.25. The minimum atomic E-state index is -4.04. The van der Waals surface area contributed by atoms with Gasteiger partial charge in [0.05, 0.1) is 10.5 Å². The second-order valence-corrected chi connectivity index (χ2v) is 4.95. The number of sulfonamides is 1. The molecule has 0 heterocycles. The quantitative estimate of drug-likeness (QED) is 0.748. The van der Waals surface area contributed by atoms with E-state index in [0.29, 0.717) is 0 Å². The molecule has 0 radical (unpaired) electrons. The second-order valence-electron chi connectivity index (χ2n) is 3.43. The summed E-state index contributed by atoms with van der Waals surface area (Å²) in [6.45, 7) is 0. The van der Waals surface area contributed by atoms with Crippen molar-refractivity contribution in [2.45, 2.75) is 4.90 Å². The monoisotopic (exact) mass is 244 g/mol. The van der Waals surface area contributed by atoms with Crippen LogP contribution in [0.1, 0.15) is 10.4 Å². The van der Waals surface area contributed by atoms with E-state index >= 15 is 0 Å². The number of amides is 1. The van der Waals surface area contributed by atoms with E-state index < -0.39 is 15.9 Å². The third kappa shape index (κ3) is 2.50. The first-order valence-corrected chi connectivity index (χ1v) is 5.85. The van der Waals surface area contributed by atoms with Gasteiger partial charge in [0.25, 0.3) is 5.91 Å². The smallest absolute Gasteiger partial charge is 0.254 e. The summed E-state index contributed by atoms with van der Waals surface area (Å²) >= 11 is 0. The number of phenolic OH excluding ortho intramolecular Hbond substituents is 1. The molecule has 1 amide bonds. The number of carbonyl (C=O) groups excluding carboxylic acids is 1. The lowest BCUT2D eigenvalue weighted by molar-refractivity contribution is 0.0824. The van der Waals surface area contributed by atoms with Gasteiger partial charge in [-0.3, -0.25) is 4.79 Å². The summed E-state index contributed by atoms with van der Waals surface area (Å²) in [5.41, 5.74) is -0.0645. The molecule has 7 heteroatoms. The lowest BCUT2D eigenvalue weighted by atomic mass is 10.2. The van der Waals surface area contributed by atoms with Crippen LogP contribution in [0, 0.1) is 0 Å². The predicted octanol–water partition coefficient (Wildman–Crippen LogP) is -0.259. The fourth-order valence-corrected chi connectivity index (χ4v) is 1.91. The van der Waals surface area contributed by atoms with Gasteiger partial charge in [0.15, 0.2) is 0 Å². The average molecular weight is 244 g/mol. The number of rotatable bonds is 2. The molecule has 0 aliphatic rings. The molecule has 0 aliphatic heterocycles. The van der Waals surface area contributed by atoms with E-state index in [4.69, 9.17) is 5.14 Å². The summed E-state index contributed by atoms with van der Waals surface area (Å²) in [5, 5.41) is 14.1. The van der Waals surface area contributed by atoms with Gasteiger partial charge in [-0.2, -0.15) is 0 Å². The Morgan fingerprint density at radius 2 is 1.94 bits per heavy atom. The fourth-order valence-electron chi connectivity index (χ4n) is 1.16. The summed E-state index contributed by atoms with van der Waals surface area (Å²) < 4.78 is 22.5. The summed E-state index contributed by atoms with van der Waals surface area (Å²) in [6.07, 6.45) is 0. The maximum atomic E-state index is 11.6. The zero-order valence-corrected chi connectivity index (χ0v) is 9.65. The van der Waals surface area contributed by atoms with Crippen LogP contribution in [0.15, 0.2) is 23.1 Å². The summed E-state index contributed by atoms with van der Waals surface area (Å²) in [7, 11) is -1.07. The minimum absolute atomic E-state index is 0.0645. The number of phenols is 1. The Bertz CT molecular complexity index is 522. The highest BCUT2D eigenvalue weighted by Crippen LogP contribution is 2.21. The van der Waals surface area contributed by atoms with Gasteiger partial charge < -0.3 is 10.0 Å². The SMILES string of the molecule is CN(C)C(=O)c1ccc(O)cc1S(N)(=O)=O. The molecule has 6 nitrogen and oxygen atoms in total. The molecule has 16 heavy (non-hydrogen) atoms. The molecule has 0 spiro atoms. The van der Waals surface area contributed by atoms with Crippen molar-refractivity contribution in [2.75, 3.05) is 14.1 Å². The van der Waals surface area contributed by atoms with Gasteiger partial charge in [0.2, 0.25) is 10.0 Å². The third-order valence-electron chi connectivity index (χ3n) is 1.91. The van der Waals surface area contributed by atoms with Crippen molar-refractivity contribution in [3.63, 3.8) is 0 Å². The van der Waals surface area contributed by atoms with Crippen molar-refractivity contribution < 1.29 is 18.3 Å². The van der Waals surface area contributed by atoms with Crippen LogP contribution in [-0.2, 0) is 10.0 Å². The standard InChI is InChI=1S/C9H12N2O4S/c1-11(2)9(13)7-4-3-6(12)5-8(7)16(10,14)15/h3-5,12H,1-2H3,(H2,10,14,15). The number of benzene rings is 1. The first-order valence-electron chi connectivity index (χ1n) is 4.31. The van der Waals surface area contributed by atoms with Crippen molar-refractivity contribution in [1.29, 1.82) is 0 Å². The van der Waals surface area contributed by atoms with E-state index in [-0.39, 0.29) is 16.2 Å². The van der Waals surface area contributed by atoms with Crippen LogP contribution in [0.2, 0.25) is 0 Å². The van der Waals surface area contributed by atoms with Crippen molar-refractivity contribution in [1.82, 2.24) is 4.90 Å². The Labute approximate surface area is 93.3 Å². The Morgan fingerprint density at radius 3 is 2.38 bits per heavy atom. The molecule has 1 aromatic carbocycles. The summed E-state index contributed by atoms with van der Waals surface area (Å²) in [6, 6.07) is 3.40. The van der Waals surface area contributed by atoms with Crippen molar-refractivity contribution >= 4 is 15.9 Å². The Morgan fingerprint density at radius 1 is 1.38 bits per heavy atom. The summed E-state index contributed by atoms with van der Waals surface area (Å²) in [4.78, 5) is 12.5. The van der Waals surface area contributed by atoms with Crippen LogP contribution in [0.5, 0.6) is 5.75 Å². The molecule has 3 N–H and O–H groups in total. The van der Waals surface area contributed by atoms with Crippen LogP contribution >= 0.6 is 0 Å². The number of nitrogens with zero attached hydrogens (tertiary/aromatic N) is 1. The van der Waals surface area contributed by atoms with Crippen LogP contribution in [0.3, 0.4) is 0 Å². The number of primary sulfonamides is 1. The first-order chi connectivity index (χ1) is 7.23. The number of carbonyl (C=O) groups is 1. The molecule has 88 valence electrons. The predicted molar refractivity (Wildman–Crippen MR) is 57.5 cm³/mol. The first kappa shape index (κ1) is 12.5. The Kier molecular flexibility index (Phi) is 3.20. The van der Waals surface area contributed by atoms with E-state index in [2.05, 4.69) is 0 Å². The zero-order chi connectivity index (χ0) is 12.5. The van der Waals surface area contributed by atoms with Gasteiger partial charge in [-0.15, -0.1) is 0 Å². The van der Waals surface area contributed by atoms with Crippen LogP contribution in [0.25, 0.3) is 0 Å². The number of hydrogen-bond donors (Lipinski definition) is 2. The van der Waals surface area contributed by atoms with Gasteiger partial charge >= 0.3 is 0 Å². The topological polar surface area (TPSA) is 101 Å². The molecule has 0 atom stereocenters. The zero-order valence-electron chi connectivity index (χ0n) is 8.84. The van der Waals surface area contributed by atoms with Gasteiger partial charge in [0, 0.05) is 20.2 Å². The van der Waals surface area contributed by atoms with Crippen molar-refractivity contribution in [2.24, 2.45) is 5.14 Å². The molecular weight excluding hydrogens is 232 g/mol. The van der Waals surface area contributed by atoms with E-state index in [9.17, 15) is 18.3 Å². The molecular formula is C9H12N2O4S. The van der Waals surface area contributed by atoms with E-state index in [1.54, 1.807) is 0 Å². The van der Waals surface area contributed by atoms with E-state index in [0.717, 1.165) is 6.07 Å². The molecule has 0 aromatic heterocycles. The highest BCUT2D eigenvalue weighted by Gasteiger charge is 2.20. The molecule has 0 fully saturated rings. The number of hydrogen-bond acceptors (Lipinski definition) is 4. The van der Waals surface area contributed by atoms with E-state index in [1.165, 1.54) is 31.1 Å². The van der Waals surface area contributed by atoms with Gasteiger partial charge in [-0.25, -0.2) is 13.6 Å². The molecule has 0 saturated heterocycles. The van der Waals surface area contributed by atoms with Crippen LogP contribution in [0.4, 0.5) is 0 Å². The number of nitrogens with two attached hydrogens (primary N) is 1. The largest absolute Gasteiger partial charge is 0.508 e. The van der Waals surface area contributed by atoms with E-state index in [1.807, 2.05) is 0 Å². The lowest BCUT2D eigenvalue weighted by Gasteiger charge is -2.13. The normalized spacial score (nSPS) is 11.2. The molecule has 1 aromatic rings. The van der Waals surface area contributed by atoms with Gasteiger partial charge in [0.1, 0.15) is 5.75 Å². The van der Waals surface area contributed by atoms with Crippen LogP contribution in [-0.4, -0.2) is 38.4 Å². The Balaban J connectivity index is 3.47. The molecule has 0 bridgehead atoms. The average Bonchev–Trinajstić information content (AvgIpc) is 2.15. The highest BCUT2D eigenvalue weighted by molar-refractivity contribution is 7.89. The fraction of sp³-hybridized carbons (Fsp3) is 0.222. The van der Waals surface area contributed by atoms with Crippen molar-refractivity contribution in [3.05, 3.63) is 23.8 Å².